The van der Waals surface area contributed by atoms with Crippen molar-refractivity contribution in [1.82, 2.24) is 4.98 Å². The van der Waals surface area contributed by atoms with E-state index in [1.54, 1.807) is 0 Å². The van der Waals surface area contributed by atoms with Crippen molar-refractivity contribution in [2.45, 2.75) is 24.5 Å². The van der Waals surface area contributed by atoms with Gasteiger partial charge in [-0.15, -0.1) is 0 Å². The molecule has 4 rings (SSSR count). The standard InChI is InChI=1S/C22H25FN4OS/c1-15-6-7-19-18(10-15)20(25-13-17(23)12-24)11-22(26-19)27-8-9-29(28)21-5-3-2-4-16(21)14-27/h2-7,10-11,17H,8-9,12-14,24H2,1H3,(H,25,26). The average Bonchev–Trinajstić information content (AvgIpc) is 2.91. The number of rotatable bonds is 5. The SMILES string of the molecule is Cc1ccc2nc(N3CCS(=O)c4ccccc4C3)cc(NCC(F)CN)c2c1. The quantitative estimate of drug-likeness (QED) is 0.672. The van der Waals surface area contributed by atoms with Gasteiger partial charge in [0.1, 0.15) is 12.0 Å². The highest BCUT2D eigenvalue weighted by molar-refractivity contribution is 7.85. The highest BCUT2D eigenvalue weighted by atomic mass is 32.2. The van der Waals surface area contributed by atoms with Crippen molar-refractivity contribution in [1.29, 1.82) is 0 Å². The smallest absolute Gasteiger partial charge is 0.131 e. The molecule has 0 radical (unpaired) electrons. The molecule has 1 aliphatic heterocycles. The molecule has 2 aromatic carbocycles. The maximum absolute atomic E-state index is 13.8. The van der Waals surface area contributed by atoms with Crippen LogP contribution in [0.2, 0.25) is 0 Å². The molecule has 3 aromatic rings. The molecule has 2 atom stereocenters. The summed E-state index contributed by atoms with van der Waals surface area (Å²) in [5.41, 5.74) is 9.28. The summed E-state index contributed by atoms with van der Waals surface area (Å²) in [4.78, 5) is 7.90. The van der Waals surface area contributed by atoms with Crippen LogP contribution < -0.4 is 16.0 Å². The monoisotopic (exact) mass is 412 g/mol. The number of aryl methyl sites for hydroxylation is 1. The normalized spacial score (nSPS) is 17.6. The van der Waals surface area contributed by atoms with Gasteiger partial charge in [-0.05, 0) is 30.7 Å². The number of fused-ring (bicyclic) bond motifs is 2. The summed E-state index contributed by atoms with van der Waals surface area (Å²) in [5.74, 6) is 1.34. The highest BCUT2D eigenvalue weighted by Gasteiger charge is 2.21. The Morgan fingerprint density at radius 3 is 2.93 bits per heavy atom. The van der Waals surface area contributed by atoms with Crippen molar-refractivity contribution in [3.63, 3.8) is 0 Å². The molecule has 0 saturated heterocycles. The Bertz CT molecular complexity index is 1060. The summed E-state index contributed by atoms with van der Waals surface area (Å²) < 4.78 is 26.4. The molecular formula is C22H25FN4OS. The van der Waals surface area contributed by atoms with Crippen molar-refractivity contribution < 1.29 is 8.60 Å². The third kappa shape index (κ3) is 4.26. The molecule has 0 spiro atoms. The van der Waals surface area contributed by atoms with Gasteiger partial charge in [0.25, 0.3) is 0 Å². The van der Waals surface area contributed by atoms with Crippen LogP contribution in [0.4, 0.5) is 15.9 Å². The molecule has 2 unspecified atom stereocenters. The van der Waals surface area contributed by atoms with E-state index in [4.69, 9.17) is 10.7 Å². The number of aromatic nitrogens is 1. The number of hydrogen-bond acceptors (Lipinski definition) is 5. The number of alkyl halides is 1. The van der Waals surface area contributed by atoms with E-state index in [0.29, 0.717) is 18.8 Å². The first-order valence-corrected chi connectivity index (χ1v) is 11.1. The zero-order chi connectivity index (χ0) is 20.4. The van der Waals surface area contributed by atoms with Crippen LogP contribution in [-0.2, 0) is 17.3 Å². The third-order valence-corrected chi connectivity index (χ3v) is 6.61. The van der Waals surface area contributed by atoms with Gasteiger partial charge in [0.15, 0.2) is 0 Å². The molecule has 0 amide bonds. The summed E-state index contributed by atoms with van der Waals surface area (Å²) >= 11 is 0. The second-order valence-corrected chi connectivity index (χ2v) is 8.88. The molecule has 0 fully saturated rings. The third-order valence-electron chi connectivity index (χ3n) is 5.17. The van der Waals surface area contributed by atoms with Gasteiger partial charge in [-0.1, -0.05) is 29.8 Å². The number of pyridine rings is 1. The Morgan fingerprint density at radius 1 is 1.28 bits per heavy atom. The molecule has 0 saturated carbocycles. The van der Waals surface area contributed by atoms with Crippen LogP contribution in [0.15, 0.2) is 53.4 Å². The van der Waals surface area contributed by atoms with Gasteiger partial charge in [-0.25, -0.2) is 9.37 Å². The Balaban J connectivity index is 1.73. The van der Waals surface area contributed by atoms with Crippen molar-refractivity contribution >= 4 is 33.2 Å². The number of nitrogens with zero attached hydrogens (tertiary/aromatic N) is 2. The fourth-order valence-electron chi connectivity index (χ4n) is 3.58. The summed E-state index contributed by atoms with van der Waals surface area (Å²) in [6.45, 7) is 3.43. The number of hydrogen-bond donors (Lipinski definition) is 2. The lowest BCUT2D eigenvalue weighted by atomic mass is 10.1. The van der Waals surface area contributed by atoms with Gasteiger partial charge in [-0.3, -0.25) is 4.21 Å². The molecule has 29 heavy (non-hydrogen) atoms. The lowest BCUT2D eigenvalue weighted by Crippen LogP contribution is -2.26. The van der Waals surface area contributed by atoms with Gasteiger partial charge < -0.3 is 16.0 Å². The van der Waals surface area contributed by atoms with Gasteiger partial charge >= 0.3 is 0 Å². The van der Waals surface area contributed by atoms with E-state index in [2.05, 4.69) is 16.3 Å². The van der Waals surface area contributed by atoms with Crippen molar-refractivity contribution in [2.75, 3.05) is 35.6 Å². The molecule has 152 valence electrons. The molecule has 5 nitrogen and oxygen atoms in total. The largest absolute Gasteiger partial charge is 0.381 e. The topological polar surface area (TPSA) is 71.2 Å². The zero-order valence-corrected chi connectivity index (χ0v) is 17.2. The number of nitrogens with one attached hydrogen (secondary N) is 1. The highest BCUT2D eigenvalue weighted by Crippen LogP contribution is 2.30. The van der Waals surface area contributed by atoms with E-state index in [1.165, 1.54) is 0 Å². The molecule has 1 aliphatic rings. The van der Waals surface area contributed by atoms with Crippen LogP contribution in [0.5, 0.6) is 0 Å². The number of halogens is 1. The first-order valence-electron chi connectivity index (χ1n) is 9.76. The van der Waals surface area contributed by atoms with Gasteiger partial charge in [0, 0.05) is 54.0 Å². The molecular weight excluding hydrogens is 387 g/mol. The first-order chi connectivity index (χ1) is 14.0. The molecule has 2 heterocycles. The Kier molecular flexibility index (Phi) is 5.78. The van der Waals surface area contributed by atoms with E-state index in [9.17, 15) is 8.60 Å². The molecule has 3 N–H and O–H groups in total. The summed E-state index contributed by atoms with van der Waals surface area (Å²) in [6.07, 6.45) is -1.11. The van der Waals surface area contributed by atoms with E-state index in [-0.39, 0.29) is 13.1 Å². The predicted molar refractivity (Wildman–Crippen MR) is 118 cm³/mol. The summed E-state index contributed by atoms with van der Waals surface area (Å²) in [5, 5.41) is 4.16. The van der Waals surface area contributed by atoms with E-state index in [1.807, 2.05) is 49.4 Å². The van der Waals surface area contributed by atoms with Crippen LogP contribution in [0.25, 0.3) is 10.9 Å². The van der Waals surface area contributed by atoms with Crippen LogP contribution in [-0.4, -0.2) is 40.8 Å². The summed E-state index contributed by atoms with van der Waals surface area (Å²) in [6, 6.07) is 15.9. The average molecular weight is 413 g/mol. The molecule has 0 bridgehead atoms. The van der Waals surface area contributed by atoms with Gasteiger partial charge in [0.2, 0.25) is 0 Å². The lowest BCUT2D eigenvalue weighted by Gasteiger charge is -2.23. The second kappa shape index (κ2) is 8.47. The Labute approximate surface area is 172 Å². The Hall–Kier alpha value is -2.51. The molecule has 1 aromatic heterocycles. The predicted octanol–water partition coefficient (Wildman–Crippen LogP) is 3.38. The fourth-order valence-corrected chi connectivity index (χ4v) is 4.84. The maximum Gasteiger partial charge on any atom is 0.131 e. The second-order valence-electron chi connectivity index (χ2n) is 7.34. The van der Waals surface area contributed by atoms with Gasteiger partial charge in [0.05, 0.1) is 16.3 Å². The maximum atomic E-state index is 13.8. The van der Waals surface area contributed by atoms with Crippen LogP contribution in [0.3, 0.4) is 0 Å². The van der Waals surface area contributed by atoms with Crippen LogP contribution in [0.1, 0.15) is 11.1 Å². The number of benzene rings is 2. The van der Waals surface area contributed by atoms with Crippen molar-refractivity contribution in [3.8, 4) is 0 Å². The minimum Gasteiger partial charge on any atom is -0.381 e. The molecule has 0 aliphatic carbocycles. The van der Waals surface area contributed by atoms with Gasteiger partial charge in [-0.2, -0.15) is 0 Å². The molecule has 7 heteroatoms. The summed E-state index contributed by atoms with van der Waals surface area (Å²) in [7, 11) is -1.02. The van der Waals surface area contributed by atoms with Crippen LogP contribution in [0, 0.1) is 6.92 Å². The number of nitrogens with two attached hydrogens (primary N) is 1. The van der Waals surface area contributed by atoms with Crippen LogP contribution >= 0.6 is 0 Å². The van der Waals surface area contributed by atoms with E-state index >= 15 is 0 Å². The minimum absolute atomic E-state index is 0.0172. The fraction of sp³-hybridized carbons (Fsp3) is 0.318. The van der Waals surface area contributed by atoms with Crippen molar-refractivity contribution in [2.24, 2.45) is 5.73 Å². The first kappa shape index (κ1) is 19.8. The zero-order valence-electron chi connectivity index (χ0n) is 16.4. The number of anilines is 2. The Morgan fingerprint density at radius 2 is 2.10 bits per heavy atom. The van der Waals surface area contributed by atoms with E-state index in [0.717, 1.165) is 38.4 Å². The van der Waals surface area contributed by atoms with E-state index < -0.39 is 17.0 Å². The minimum atomic E-state index is -1.11. The van der Waals surface area contributed by atoms with Crippen molar-refractivity contribution in [3.05, 3.63) is 59.7 Å². The lowest BCUT2D eigenvalue weighted by molar-refractivity contribution is 0.358.